The molecule has 1 saturated heterocycles. The van der Waals surface area contributed by atoms with Gasteiger partial charge in [-0.2, -0.15) is 33.7 Å². The van der Waals surface area contributed by atoms with Crippen molar-refractivity contribution in [3.63, 3.8) is 0 Å². The summed E-state index contributed by atoms with van der Waals surface area (Å²) in [5.41, 5.74) is 1.07. The molecule has 1 fully saturated rings. The van der Waals surface area contributed by atoms with Gasteiger partial charge in [0.05, 0.1) is 19.2 Å². The smallest absolute Gasteiger partial charge is 0.405 e. The van der Waals surface area contributed by atoms with Crippen LogP contribution < -0.4 is 20.7 Å². The Balaban J connectivity index is 1.92. The molecule has 0 radical (unpaired) electrons. The first-order valence-electron chi connectivity index (χ1n) is 10.9. The normalized spacial score (nSPS) is 20.4. The van der Waals surface area contributed by atoms with Gasteiger partial charge in [0.15, 0.2) is 0 Å². The molecule has 1 aliphatic rings. The summed E-state index contributed by atoms with van der Waals surface area (Å²) in [5.74, 6) is -6.76. The maximum absolute atomic E-state index is 14.4. The van der Waals surface area contributed by atoms with Crippen LogP contribution in [0.4, 0.5) is 22.0 Å². The minimum absolute atomic E-state index is 0.0739. The lowest BCUT2D eigenvalue weighted by Gasteiger charge is -2.32. The van der Waals surface area contributed by atoms with Crippen LogP contribution in [-0.4, -0.2) is 72.7 Å². The number of thioether (sulfide) groups is 1. The van der Waals surface area contributed by atoms with Gasteiger partial charge in [0, 0.05) is 17.5 Å². The van der Waals surface area contributed by atoms with Crippen LogP contribution in [0.25, 0.3) is 0 Å². The first-order valence-corrected chi connectivity index (χ1v) is 12.0. The third-order valence-electron chi connectivity index (χ3n) is 5.54. The number of ether oxygens (including phenoxy) is 1. The fourth-order valence-electron chi connectivity index (χ4n) is 3.50. The molecule has 35 heavy (non-hydrogen) atoms. The summed E-state index contributed by atoms with van der Waals surface area (Å²) in [6.45, 7) is 1.42. The molecule has 0 spiro atoms. The number of carbonyl (C=O) groups is 2. The molecule has 2 amide bonds. The van der Waals surface area contributed by atoms with Crippen LogP contribution in [0.5, 0.6) is 5.75 Å². The Kier molecular flexibility index (Phi) is 10.2. The van der Waals surface area contributed by atoms with E-state index in [1.54, 1.807) is 18.9 Å². The monoisotopic (exact) mass is 527 g/mol. The van der Waals surface area contributed by atoms with Crippen molar-refractivity contribution in [2.24, 2.45) is 5.92 Å². The number of aliphatic hydroxyl groups is 1. The lowest BCUT2D eigenvalue weighted by Crippen LogP contribution is -2.61. The van der Waals surface area contributed by atoms with E-state index in [-0.39, 0.29) is 5.25 Å². The number of methoxy groups -OCH3 is 1. The number of alkyl halides is 5. The highest BCUT2D eigenvalue weighted by Crippen LogP contribution is 2.28. The summed E-state index contributed by atoms with van der Waals surface area (Å²) >= 11 is 1.62. The van der Waals surface area contributed by atoms with Crippen LogP contribution in [0.1, 0.15) is 25.8 Å². The fraction of sp³-hybridized carbons (Fsp3) is 0.636. The van der Waals surface area contributed by atoms with Crippen LogP contribution in [-0.2, 0) is 15.3 Å². The average molecular weight is 528 g/mol. The van der Waals surface area contributed by atoms with Gasteiger partial charge < -0.3 is 25.8 Å². The van der Waals surface area contributed by atoms with Gasteiger partial charge in [-0.15, -0.1) is 0 Å². The Morgan fingerprint density at radius 3 is 2.37 bits per heavy atom. The third-order valence-corrected chi connectivity index (χ3v) is 6.87. The van der Waals surface area contributed by atoms with Gasteiger partial charge >= 0.3 is 12.1 Å². The Bertz CT molecular complexity index is 854. The standard InChI is InChI=1S/C22H30F5N3O4S/c1-12(2)17(18(31)22(26,27)20(33)29-11-21(23,24)25)30-19(32)16-8-15(9-28-16)35-10-13-4-6-14(34-3)7-5-13/h4-7,12,15-18,28,31H,8-11H2,1-3H3,(H,29,33)(H,30,32)/t15?,16?,17-,18+/m0/s1. The Labute approximate surface area is 204 Å². The minimum atomic E-state index is -4.89. The molecule has 1 heterocycles. The van der Waals surface area contributed by atoms with Crippen LogP contribution in [0.2, 0.25) is 0 Å². The number of benzene rings is 1. The lowest BCUT2D eigenvalue weighted by molar-refractivity contribution is -0.174. The Morgan fingerprint density at radius 2 is 1.83 bits per heavy atom. The van der Waals surface area contributed by atoms with Crippen LogP contribution in [0, 0.1) is 5.92 Å². The highest BCUT2D eigenvalue weighted by molar-refractivity contribution is 7.99. The summed E-state index contributed by atoms with van der Waals surface area (Å²) in [6, 6.07) is 5.27. The van der Waals surface area contributed by atoms with Crippen molar-refractivity contribution in [3.05, 3.63) is 29.8 Å². The number of hydrogen-bond donors (Lipinski definition) is 4. The van der Waals surface area contributed by atoms with E-state index in [0.717, 1.165) is 16.6 Å². The van der Waals surface area contributed by atoms with Crippen LogP contribution in [0.3, 0.4) is 0 Å². The number of hydrogen-bond acceptors (Lipinski definition) is 6. The summed E-state index contributed by atoms with van der Waals surface area (Å²) in [4.78, 5) is 24.3. The molecule has 1 aliphatic heterocycles. The van der Waals surface area contributed by atoms with Gasteiger partial charge in [-0.1, -0.05) is 26.0 Å². The number of carbonyl (C=O) groups excluding carboxylic acids is 2. The molecule has 7 nitrogen and oxygen atoms in total. The van der Waals surface area contributed by atoms with Crippen molar-refractivity contribution in [1.82, 2.24) is 16.0 Å². The van der Waals surface area contributed by atoms with Gasteiger partial charge in [0.1, 0.15) is 18.4 Å². The third kappa shape index (κ3) is 8.50. The molecule has 1 aromatic carbocycles. The van der Waals surface area contributed by atoms with E-state index in [9.17, 15) is 36.6 Å². The first-order chi connectivity index (χ1) is 16.2. The van der Waals surface area contributed by atoms with E-state index in [4.69, 9.17) is 4.74 Å². The number of aliphatic hydroxyl groups excluding tert-OH is 1. The second-order valence-electron chi connectivity index (χ2n) is 8.62. The largest absolute Gasteiger partial charge is 0.497 e. The first kappa shape index (κ1) is 29.1. The van der Waals surface area contributed by atoms with E-state index in [0.29, 0.717) is 18.7 Å². The quantitative estimate of drug-likeness (QED) is 0.330. The molecule has 0 aliphatic carbocycles. The molecule has 198 valence electrons. The van der Waals surface area contributed by atoms with Crippen molar-refractivity contribution >= 4 is 23.6 Å². The molecule has 2 rings (SSSR count). The molecule has 1 aromatic rings. The maximum Gasteiger partial charge on any atom is 0.405 e. The number of halogens is 5. The van der Waals surface area contributed by atoms with Gasteiger partial charge in [0.2, 0.25) is 5.91 Å². The summed E-state index contributed by atoms with van der Waals surface area (Å²) in [7, 11) is 1.58. The average Bonchev–Trinajstić information content (AvgIpc) is 3.27. The summed E-state index contributed by atoms with van der Waals surface area (Å²) in [5, 5.41) is 16.7. The SMILES string of the molecule is COc1ccc(CSC2CNC(C(=O)N[C@@H](C(C)C)[C@@H](O)C(F)(F)C(=O)NCC(F)(F)F)C2)cc1. The predicted octanol–water partition coefficient (Wildman–Crippen LogP) is 2.47. The number of nitrogens with one attached hydrogen (secondary N) is 3. The van der Waals surface area contributed by atoms with E-state index >= 15 is 0 Å². The zero-order valence-electron chi connectivity index (χ0n) is 19.5. The van der Waals surface area contributed by atoms with Gasteiger partial charge in [-0.25, -0.2) is 0 Å². The van der Waals surface area contributed by atoms with Crippen molar-refractivity contribution < 1.29 is 41.4 Å². The molecular weight excluding hydrogens is 497 g/mol. The predicted molar refractivity (Wildman–Crippen MR) is 121 cm³/mol. The number of rotatable bonds is 11. The Hall–Kier alpha value is -2.12. The zero-order chi connectivity index (χ0) is 26.4. The van der Waals surface area contributed by atoms with E-state index in [1.165, 1.54) is 13.8 Å². The highest BCUT2D eigenvalue weighted by Gasteiger charge is 2.52. The van der Waals surface area contributed by atoms with Crippen molar-refractivity contribution in [2.45, 2.75) is 61.6 Å². The second-order valence-corrected chi connectivity index (χ2v) is 9.91. The topological polar surface area (TPSA) is 99.7 Å². The molecule has 4 atom stereocenters. The summed E-state index contributed by atoms with van der Waals surface area (Å²) in [6.07, 6.45) is -7.20. The molecule has 13 heteroatoms. The van der Waals surface area contributed by atoms with Gasteiger partial charge in [-0.05, 0) is 30.0 Å². The van der Waals surface area contributed by atoms with E-state index in [1.807, 2.05) is 24.3 Å². The molecule has 0 saturated carbocycles. The summed E-state index contributed by atoms with van der Waals surface area (Å²) < 4.78 is 70.7. The Morgan fingerprint density at radius 1 is 1.20 bits per heavy atom. The molecule has 2 unspecified atom stereocenters. The van der Waals surface area contributed by atoms with Crippen molar-refractivity contribution in [2.75, 3.05) is 20.2 Å². The van der Waals surface area contributed by atoms with E-state index in [2.05, 4.69) is 10.6 Å². The van der Waals surface area contributed by atoms with Crippen LogP contribution in [0.15, 0.2) is 24.3 Å². The van der Waals surface area contributed by atoms with Crippen molar-refractivity contribution in [3.8, 4) is 5.75 Å². The second kappa shape index (κ2) is 12.2. The highest BCUT2D eigenvalue weighted by atomic mass is 32.2. The minimum Gasteiger partial charge on any atom is -0.497 e. The fourth-order valence-corrected chi connectivity index (χ4v) is 4.66. The molecule has 4 N–H and O–H groups in total. The van der Waals surface area contributed by atoms with E-state index < -0.39 is 54.6 Å². The zero-order valence-corrected chi connectivity index (χ0v) is 20.3. The lowest BCUT2D eigenvalue weighted by atomic mass is 9.93. The maximum atomic E-state index is 14.4. The van der Waals surface area contributed by atoms with Gasteiger partial charge in [-0.3, -0.25) is 9.59 Å². The van der Waals surface area contributed by atoms with Crippen LogP contribution >= 0.6 is 11.8 Å². The van der Waals surface area contributed by atoms with Gasteiger partial charge in [0.25, 0.3) is 5.91 Å². The molecule has 0 aromatic heterocycles. The molecular formula is C22H30F5N3O4S. The number of amides is 2. The molecule has 0 bridgehead atoms. The van der Waals surface area contributed by atoms with Crippen molar-refractivity contribution in [1.29, 1.82) is 0 Å².